The smallest absolute Gasteiger partial charge is 0.203 e. The van der Waals surface area contributed by atoms with Crippen molar-refractivity contribution in [2.75, 3.05) is 13.7 Å². The highest BCUT2D eigenvalue weighted by atomic mass is 16.5. The average Bonchev–Trinajstić information content (AvgIpc) is 2.48. The number of benzene rings is 2. The molecule has 0 bridgehead atoms. The van der Waals surface area contributed by atoms with Crippen molar-refractivity contribution < 1.29 is 24.5 Å². The number of carbonyl (C=O) groups excluding carboxylic acids is 1. The maximum absolute atomic E-state index is 11.3. The Morgan fingerprint density at radius 2 is 1.95 bits per heavy atom. The SMILES string of the molecule is CCOc1ccccc1-c1c(C=O)cc(O)c(OC)c1O. The van der Waals surface area contributed by atoms with E-state index in [1.807, 2.05) is 6.92 Å². The molecule has 0 aliphatic carbocycles. The van der Waals surface area contributed by atoms with Gasteiger partial charge in [0.25, 0.3) is 0 Å². The van der Waals surface area contributed by atoms with Crippen LogP contribution in [0, 0.1) is 0 Å². The fraction of sp³-hybridized carbons (Fsp3) is 0.188. The molecule has 0 saturated heterocycles. The number of rotatable bonds is 5. The Morgan fingerprint density at radius 1 is 1.24 bits per heavy atom. The van der Waals surface area contributed by atoms with E-state index in [1.165, 1.54) is 13.2 Å². The summed E-state index contributed by atoms with van der Waals surface area (Å²) in [4.78, 5) is 11.3. The lowest BCUT2D eigenvalue weighted by Crippen LogP contribution is -1.97. The van der Waals surface area contributed by atoms with Gasteiger partial charge in [0.2, 0.25) is 5.75 Å². The molecule has 0 radical (unpaired) electrons. The summed E-state index contributed by atoms with van der Waals surface area (Å²) < 4.78 is 10.5. The van der Waals surface area contributed by atoms with Crippen molar-refractivity contribution in [3.63, 3.8) is 0 Å². The first-order valence-corrected chi connectivity index (χ1v) is 6.44. The van der Waals surface area contributed by atoms with Gasteiger partial charge in [-0.2, -0.15) is 0 Å². The molecule has 2 aromatic rings. The molecule has 21 heavy (non-hydrogen) atoms. The van der Waals surface area contributed by atoms with Crippen LogP contribution in [0.2, 0.25) is 0 Å². The molecule has 0 aliphatic heterocycles. The number of hydrogen-bond donors (Lipinski definition) is 2. The van der Waals surface area contributed by atoms with Crippen LogP contribution in [0.15, 0.2) is 30.3 Å². The standard InChI is InChI=1S/C16H16O5/c1-3-21-13-7-5-4-6-11(13)14-10(9-17)8-12(18)16(20-2)15(14)19/h4-9,18-19H,3H2,1-2H3. The Balaban J connectivity index is 2.76. The lowest BCUT2D eigenvalue weighted by molar-refractivity contribution is 0.112. The Kier molecular flexibility index (Phi) is 4.33. The Labute approximate surface area is 122 Å². The molecule has 0 saturated carbocycles. The first-order chi connectivity index (χ1) is 10.1. The van der Waals surface area contributed by atoms with E-state index in [1.54, 1.807) is 24.3 Å². The van der Waals surface area contributed by atoms with Crippen molar-refractivity contribution in [1.29, 1.82) is 0 Å². The zero-order valence-corrected chi connectivity index (χ0v) is 11.8. The van der Waals surface area contributed by atoms with Crippen LogP contribution in [0.3, 0.4) is 0 Å². The van der Waals surface area contributed by atoms with Crippen LogP contribution < -0.4 is 9.47 Å². The zero-order valence-electron chi connectivity index (χ0n) is 11.8. The number of phenols is 2. The van der Waals surface area contributed by atoms with Crippen molar-refractivity contribution in [2.45, 2.75) is 6.92 Å². The van der Waals surface area contributed by atoms with E-state index >= 15 is 0 Å². The van der Waals surface area contributed by atoms with Gasteiger partial charge in [-0.15, -0.1) is 0 Å². The zero-order chi connectivity index (χ0) is 15.4. The number of aromatic hydroxyl groups is 2. The summed E-state index contributed by atoms with van der Waals surface area (Å²) >= 11 is 0. The third-order valence-electron chi connectivity index (χ3n) is 3.05. The van der Waals surface area contributed by atoms with E-state index < -0.39 is 0 Å². The van der Waals surface area contributed by atoms with E-state index in [9.17, 15) is 15.0 Å². The second-order valence-electron chi connectivity index (χ2n) is 4.29. The lowest BCUT2D eigenvalue weighted by Gasteiger charge is -2.16. The predicted octanol–water partition coefficient (Wildman–Crippen LogP) is 2.98. The van der Waals surface area contributed by atoms with Crippen molar-refractivity contribution in [2.24, 2.45) is 0 Å². The molecule has 0 heterocycles. The van der Waals surface area contributed by atoms with Crippen molar-refractivity contribution in [1.82, 2.24) is 0 Å². The summed E-state index contributed by atoms with van der Waals surface area (Å²) in [5.74, 6) is -0.144. The van der Waals surface area contributed by atoms with Gasteiger partial charge in [-0.05, 0) is 19.1 Å². The largest absolute Gasteiger partial charge is 0.504 e. The molecular formula is C16H16O5. The van der Waals surface area contributed by atoms with Gasteiger partial charge in [0.05, 0.1) is 13.7 Å². The van der Waals surface area contributed by atoms with E-state index in [0.717, 1.165) is 0 Å². The molecule has 110 valence electrons. The van der Waals surface area contributed by atoms with Gasteiger partial charge >= 0.3 is 0 Å². The van der Waals surface area contributed by atoms with Gasteiger partial charge in [0, 0.05) is 16.7 Å². The van der Waals surface area contributed by atoms with Crippen molar-refractivity contribution in [3.05, 3.63) is 35.9 Å². The molecule has 0 atom stereocenters. The number of phenolic OH excluding ortho intramolecular Hbond substituents is 2. The van der Waals surface area contributed by atoms with Crippen LogP contribution in [0.25, 0.3) is 11.1 Å². The van der Waals surface area contributed by atoms with Gasteiger partial charge in [-0.3, -0.25) is 4.79 Å². The van der Waals surface area contributed by atoms with E-state index in [-0.39, 0.29) is 28.4 Å². The molecule has 0 aliphatic rings. The summed E-state index contributed by atoms with van der Waals surface area (Å²) in [6.07, 6.45) is 0.566. The minimum absolute atomic E-state index is 0.0816. The minimum atomic E-state index is -0.299. The molecule has 5 nitrogen and oxygen atoms in total. The van der Waals surface area contributed by atoms with Gasteiger partial charge < -0.3 is 19.7 Å². The lowest BCUT2D eigenvalue weighted by atomic mass is 9.97. The van der Waals surface area contributed by atoms with Crippen LogP contribution in [0.4, 0.5) is 0 Å². The molecular weight excluding hydrogens is 272 g/mol. The van der Waals surface area contributed by atoms with E-state index in [4.69, 9.17) is 9.47 Å². The molecule has 5 heteroatoms. The number of hydrogen-bond acceptors (Lipinski definition) is 5. The Morgan fingerprint density at radius 3 is 2.57 bits per heavy atom. The molecule has 0 spiro atoms. The molecule has 2 aromatic carbocycles. The topological polar surface area (TPSA) is 76.0 Å². The molecule has 0 aromatic heterocycles. The summed E-state index contributed by atoms with van der Waals surface area (Å²) in [6, 6.07) is 8.29. The third kappa shape index (κ3) is 2.63. The highest BCUT2D eigenvalue weighted by molar-refractivity contribution is 5.94. The normalized spacial score (nSPS) is 10.2. The van der Waals surface area contributed by atoms with Gasteiger partial charge in [-0.25, -0.2) is 0 Å². The summed E-state index contributed by atoms with van der Waals surface area (Å²) in [5.41, 5.74) is 0.971. The first kappa shape index (κ1) is 14.7. The molecule has 0 amide bonds. The maximum atomic E-state index is 11.3. The fourth-order valence-corrected chi connectivity index (χ4v) is 2.19. The molecule has 2 N–H and O–H groups in total. The van der Waals surface area contributed by atoms with Crippen LogP contribution in [0.1, 0.15) is 17.3 Å². The molecule has 2 rings (SSSR count). The average molecular weight is 288 g/mol. The Bertz CT molecular complexity index is 664. The van der Waals surface area contributed by atoms with Gasteiger partial charge in [-0.1, -0.05) is 18.2 Å². The van der Waals surface area contributed by atoms with Crippen LogP contribution in [-0.4, -0.2) is 30.2 Å². The highest BCUT2D eigenvalue weighted by Gasteiger charge is 2.21. The number of ether oxygens (including phenoxy) is 2. The predicted molar refractivity (Wildman–Crippen MR) is 78.3 cm³/mol. The van der Waals surface area contributed by atoms with Gasteiger partial charge in [0.1, 0.15) is 5.75 Å². The van der Waals surface area contributed by atoms with Crippen LogP contribution in [0.5, 0.6) is 23.0 Å². The van der Waals surface area contributed by atoms with Crippen LogP contribution >= 0.6 is 0 Å². The monoisotopic (exact) mass is 288 g/mol. The third-order valence-corrected chi connectivity index (χ3v) is 3.05. The van der Waals surface area contributed by atoms with Crippen molar-refractivity contribution in [3.8, 4) is 34.1 Å². The van der Waals surface area contributed by atoms with E-state index in [0.29, 0.717) is 24.2 Å². The highest BCUT2D eigenvalue weighted by Crippen LogP contribution is 2.47. The second-order valence-corrected chi connectivity index (χ2v) is 4.29. The first-order valence-electron chi connectivity index (χ1n) is 6.44. The maximum Gasteiger partial charge on any atom is 0.203 e. The number of methoxy groups -OCH3 is 1. The second kappa shape index (κ2) is 6.17. The van der Waals surface area contributed by atoms with E-state index in [2.05, 4.69) is 0 Å². The van der Waals surface area contributed by atoms with Crippen LogP contribution in [-0.2, 0) is 0 Å². The number of para-hydroxylation sites is 1. The summed E-state index contributed by atoms with van der Waals surface area (Å²) in [7, 11) is 1.33. The van der Waals surface area contributed by atoms with Crippen molar-refractivity contribution >= 4 is 6.29 Å². The van der Waals surface area contributed by atoms with Gasteiger partial charge in [0.15, 0.2) is 17.8 Å². The minimum Gasteiger partial charge on any atom is -0.504 e. The molecule has 0 fully saturated rings. The number of carbonyl (C=O) groups is 1. The quantitative estimate of drug-likeness (QED) is 0.827. The molecule has 0 unspecified atom stereocenters. The number of aldehydes is 1. The summed E-state index contributed by atoms with van der Waals surface area (Å²) in [6.45, 7) is 2.29. The fourth-order valence-electron chi connectivity index (χ4n) is 2.19. The summed E-state index contributed by atoms with van der Waals surface area (Å²) in [5, 5.41) is 20.1. The Hall–Kier alpha value is -2.69.